The molecular weight excluding hydrogens is 152 g/mol. The van der Waals surface area contributed by atoms with Gasteiger partial charge in [0.1, 0.15) is 0 Å². The van der Waals surface area contributed by atoms with E-state index in [2.05, 4.69) is 12.2 Å². The molecule has 3 N–H and O–H groups in total. The highest BCUT2D eigenvalue weighted by Gasteiger charge is 2.02. The molecule has 74 valence electrons. The van der Waals surface area contributed by atoms with Crippen molar-refractivity contribution in [2.45, 2.75) is 32.3 Å². The molecule has 1 atom stereocenters. The second-order valence-electron chi connectivity index (χ2n) is 2.99. The summed E-state index contributed by atoms with van der Waals surface area (Å²) in [6, 6.07) is 0. The molecule has 0 aromatic carbocycles. The van der Waals surface area contributed by atoms with Gasteiger partial charge in [-0.05, 0) is 25.9 Å². The van der Waals surface area contributed by atoms with Crippen LogP contribution in [0.1, 0.15) is 26.2 Å². The highest BCUT2D eigenvalue weighted by atomic mass is 16.5. The van der Waals surface area contributed by atoms with Crippen molar-refractivity contribution in [1.82, 2.24) is 5.32 Å². The van der Waals surface area contributed by atoms with Crippen LogP contribution in [-0.4, -0.2) is 32.8 Å². The zero-order valence-corrected chi connectivity index (χ0v) is 8.31. The van der Waals surface area contributed by atoms with Crippen LogP contribution in [0.4, 0.5) is 0 Å². The Hall–Kier alpha value is -0.120. The number of nitrogens with one attached hydrogen (secondary N) is 1. The molecule has 0 rings (SSSR count). The lowest BCUT2D eigenvalue weighted by Crippen LogP contribution is -2.28. The first-order valence-corrected chi connectivity index (χ1v) is 4.78. The van der Waals surface area contributed by atoms with Crippen LogP contribution in [0.15, 0.2) is 0 Å². The Kier molecular flexibility index (Phi) is 8.88. The molecule has 0 aliphatic rings. The van der Waals surface area contributed by atoms with E-state index in [9.17, 15) is 0 Å². The van der Waals surface area contributed by atoms with Gasteiger partial charge in [0.2, 0.25) is 0 Å². The van der Waals surface area contributed by atoms with E-state index in [-0.39, 0.29) is 6.10 Å². The topological polar surface area (TPSA) is 47.3 Å². The van der Waals surface area contributed by atoms with Crippen molar-refractivity contribution in [3.63, 3.8) is 0 Å². The summed E-state index contributed by atoms with van der Waals surface area (Å²) in [6.45, 7) is 4.93. The monoisotopic (exact) mass is 174 g/mol. The number of hydrogen-bond donors (Lipinski definition) is 2. The highest BCUT2D eigenvalue weighted by molar-refractivity contribution is 4.59. The maximum absolute atomic E-state index is 5.47. The number of nitrogens with two attached hydrogens (primary N) is 1. The molecule has 0 fully saturated rings. The molecule has 12 heavy (non-hydrogen) atoms. The maximum Gasteiger partial charge on any atom is 0.0705 e. The summed E-state index contributed by atoms with van der Waals surface area (Å²) in [5.74, 6) is 0. The van der Waals surface area contributed by atoms with E-state index in [0.29, 0.717) is 6.54 Å². The number of hydrogen-bond acceptors (Lipinski definition) is 3. The van der Waals surface area contributed by atoms with E-state index in [4.69, 9.17) is 10.5 Å². The molecule has 0 aliphatic heterocycles. The standard InChI is InChI=1S/C9H22N2O/c1-3-4-6-11-7-5-9(8-10)12-2/h9,11H,3-8,10H2,1-2H3. The van der Waals surface area contributed by atoms with Gasteiger partial charge in [0.15, 0.2) is 0 Å². The Morgan fingerprint density at radius 1 is 1.42 bits per heavy atom. The van der Waals surface area contributed by atoms with E-state index in [1.807, 2.05) is 0 Å². The van der Waals surface area contributed by atoms with Gasteiger partial charge in [-0.2, -0.15) is 0 Å². The summed E-state index contributed by atoms with van der Waals surface area (Å²) in [6.07, 6.45) is 3.73. The predicted molar refractivity (Wildman–Crippen MR) is 52.2 cm³/mol. The minimum absolute atomic E-state index is 0.221. The average Bonchev–Trinajstić information content (AvgIpc) is 2.11. The summed E-state index contributed by atoms with van der Waals surface area (Å²) in [7, 11) is 1.71. The van der Waals surface area contributed by atoms with E-state index in [1.54, 1.807) is 7.11 Å². The van der Waals surface area contributed by atoms with Crippen LogP contribution in [0.25, 0.3) is 0 Å². The van der Waals surface area contributed by atoms with Gasteiger partial charge in [-0.25, -0.2) is 0 Å². The van der Waals surface area contributed by atoms with Crippen molar-refractivity contribution in [1.29, 1.82) is 0 Å². The Morgan fingerprint density at radius 2 is 2.17 bits per heavy atom. The fraction of sp³-hybridized carbons (Fsp3) is 1.00. The summed E-state index contributed by atoms with van der Waals surface area (Å²) >= 11 is 0. The van der Waals surface area contributed by atoms with Gasteiger partial charge >= 0.3 is 0 Å². The summed E-state index contributed by atoms with van der Waals surface area (Å²) in [5.41, 5.74) is 5.47. The molecule has 0 radical (unpaired) electrons. The van der Waals surface area contributed by atoms with Gasteiger partial charge in [0.25, 0.3) is 0 Å². The van der Waals surface area contributed by atoms with Crippen LogP contribution in [-0.2, 0) is 4.74 Å². The van der Waals surface area contributed by atoms with Crippen molar-refractivity contribution >= 4 is 0 Å². The average molecular weight is 174 g/mol. The SMILES string of the molecule is CCCCNCCC(CN)OC. The van der Waals surface area contributed by atoms with Crippen molar-refractivity contribution in [2.75, 3.05) is 26.7 Å². The van der Waals surface area contributed by atoms with Crippen LogP contribution in [0, 0.1) is 0 Å². The quantitative estimate of drug-likeness (QED) is 0.534. The zero-order chi connectivity index (χ0) is 9.23. The van der Waals surface area contributed by atoms with Gasteiger partial charge in [-0.3, -0.25) is 0 Å². The van der Waals surface area contributed by atoms with E-state index in [1.165, 1.54) is 12.8 Å². The van der Waals surface area contributed by atoms with Gasteiger partial charge < -0.3 is 15.8 Å². The van der Waals surface area contributed by atoms with E-state index >= 15 is 0 Å². The second-order valence-corrected chi connectivity index (χ2v) is 2.99. The minimum atomic E-state index is 0.221. The first-order chi connectivity index (χ1) is 5.85. The minimum Gasteiger partial charge on any atom is -0.380 e. The molecule has 3 heteroatoms. The third-order valence-corrected chi connectivity index (χ3v) is 1.95. The Bertz CT molecular complexity index is 84.6. The molecule has 0 aromatic rings. The van der Waals surface area contributed by atoms with Crippen LogP contribution in [0.5, 0.6) is 0 Å². The first-order valence-electron chi connectivity index (χ1n) is 4.78. The third-order valence-electron chi connectivity index (χ3n) is 1.95. The zero-order valence-electron chi connectivity index (χ0n) is 8.31. The lowest BCUT2D eigenvalue weighted by molar-refractivity contribution is 0.102. The largest absolute Gasteiger partial charge is 0.380 e. The molecular formula is C9H22N2O. The number of ether oxygens (including phenoxy) is 1. The van der Waals surface area contributed by atoms with Crippen LogP contribution in [0.2, 0.25) is 0 Å². The summed E-state index contributed by atoms with van der Waals surface area (Å²) < 4.78 is 5.14. The normalized spacial score (nSPS) is 13.2. The van der Waals surface area contributed by atoms with Crippen LogP contribution >= 0.6 is 0 Å². The fourth-order valence-corrected chi connectivity index (χ4v) is 1.02. The molecule has 0 saturated heterocycles. The summed E-state index contributed by atoms with van der Waals surface area (Å²) in [5, 5.41) is 3.35. The molecule has 0 aromatic heterocycles. The van der Waals surface area contributed by atoms with Gasteiger partial charge in [-0.15, -0.1) is 0 Å². The number of rotatable bonds is 8. The lowest BCUT2D eigenvalue weighted by atomic mass is 10.2. The van der Waals surface area contributed by atoms with Crippen molar-refractivity contribution in [3.8, 4) is 0 Å². The Balaban J connectivity index is 3.06. The van der Waals surface area contributed by atoms with Gasteiger partial charge in [-0.1, -0.05) is 13.3 Å². The van der Waals surface area contributed by atoms with Gasteiger partial charge in [0, 0.05) is 13.7 Å². The smallest absolute Gasteiger partial charge is 0.0705 e. The molecule has 0 bridgehead atoms. The second kappa shape index (κ2) is 8.97. The van der Waals surface area contributed by atoms with Crippen LogP contribution < -0.4 is 11.1 Å². The van der Waals surface area contributed by atoms with Crippen LogP contribution in [0.3, 0.4) is 0 Å². The van der Waals surface area contributed by atoms with Gasteiger partial charge in [0.05, 0.1) is 6.10 Å². The van der Waals surface area contributed by atoms with Crippen molar-refractivity contribution in [3.05, 3.63) is 0 Å². The fourth-order valence-electron chi connectivity index (χ4n) is 1.02. The molecule has 0 aliphatic carbocycles. The molecule has 0 spiro atoms. The first kappa shape index (κ1) is 11.9. The maximum atomic E-state index is 5.47. The molecule has 3 nitrogen and oxygen atoms in total. The Labute approximate surface area is 75.7 Å². The van der Waals surface area contributed by atoms with E-state index < -0.39 is 0 Å². The molecule has 0 amide bonds. The van der Waals surface area contributed by atoms with E-state index in [0.717, 1.165) is 19.5 Å². The number of unbranched alkanes of at least 4 members (excludes halogenated alkanes) is 1. The van der Waals surface area contributed by atoms with Crippen molar-refractivity contribution in [2.24, 2.45) is 5.73 Å². The van der Waals surface area contributed by atoms with Crippen molar-refractivity contribution < 1.29 is 4.74 Å². The Morgan fingerprint density at radius 3 is 2.67 bits per heavy atom. The molecule has 0 heterocycles. The lowest BCUT2D eigenvalue weighted by Gasteiger charge is -2.12. The third kappa shape index (κ3) is 6.58. The summed E-state index contributed by atoms with van der Waals surface area (Å²) in [4.78, 5) is 0. The highest BCUT2D eigenvalue weighted by Crippen LogP contribution is 1.92. The predicted octanol–water partition coefficient (Wildman–Crippen LogP) is 0.740. The number of methoxy groups -OCH3 is 1. The molecule has 0 saturated carbocycles. The molecule has 1 unspecified atom stereocenters.